The molecule has 0 aliphatic carbocycles. The van der Waals surface area contributed by atoms with Crippen LogP contribution in [-0.2, 0) is 16.6 Å². The number of sulfonamides is 1. The van der Waals surface area contributed by atoms with Gasteiger partial charge in [-0.05, 0) is 44.2 Å². The van der Waals surface area contributed by atoms with Crippen LogP contribution < -0.4 is 9.47 Å². The number of hydrogen-bond acceptors (Lipinski definition) is 6. The number of ether oxygens (including phenoxy) is 2. The first-order valence-electron chi connectivity index (χ1n) is 11.2. The molecule has 1 saturated heterocycles. The van der Waals surface area contributed by atoms with E-state index in [9.17, 15) is 13.2 Å². The Morgan fingerprint density at radius 2 is 1.71 bits per heavy atom. The minimum Gasteiger partial charge on any atom is -0.486 e. The minimum absolute atomic E-state index is 0.0878. The van der Waals surface area contributed by atoms with Crippen molar-refractivity contribution in [3.63, 3.8) is 0 Å². The van der Waals surface area contributed by atoms with Gasteiger partial charge in [-0.2, -0.15) is 4.31 Å². The molecular formula is C24H27N3O6S. The summed E-state index contributed by atoms with van der Waals surface area (Å²) in [4.78, 5) is 15.1. The number of amides is 1. The summed E-state index contributed by atoms with van der Waals surface area (Å²) in [5.74, 6) is 1.71. The van der Waals surface area contributed by atoms with Crippen molar-refractivity contribution in [2.45, 2.75) is 25.3 Å². The molecule has 1 fully saturated rings. The third-order valence-electron chi connectivity index (χ3n) is 6.38. The van der Waals surface area contributed by atoms with Crippen molar-refractivity contribution >= 4 is 15.9 Å². The zero-order chi connectivity index (χ0) is 23.9. The molecule has 5 rings (SSSR count). The fourth-order valence-electron chi connectivity index (χ4n) is 4.45. The summed E-state index contributed by atoms with van der Waals surface area (Å²) in [5, 5.41) is 0. The number of fused-ring (bicyclic) bond motifs is 1. The van der Waals surface area contributed by atoms with Crippen LogP contribution in [0.1, 0.15) is 27.5 Å². The van der Waals surface area contributed by atoms with Crippen LogP contribution in [0.4, 0.5) is 0 Å². The van der Waals surface area contributed by atoms with Gasteiger partial charge in [0.1, 0.15) is 19.0 Å². The Hall–Kier alpha value is -3.24. The largest absolute Gasteiger partial charge is 0.486 e. The highest BCUT2D eigenvalue weighted by atomic mass is 32.2. The third kappa shape index (κ3) is 4.07. The van der Waals surface area contributed by atoms with Crippen molar-refractivity contribution in [1.82, 2.24) is 13.8 Å². The molecule has 0 bridgehead atoms. The number of furan rings is 1. The maximum Gasteiger partial charge on any atom is 0.255 e. The highest BCUT2D eigenvalue weighted by Gasteiger charge is 2.32. The monoisotopic (exact) mass is 485 g/mol. The highest BCUT2D eigenvalue weighted by molar-refractivity contribution is 7.89. The molecule has 2 aromatic heterocycles. The van der Waals surface area contributed by atoms with Gasteiger partial charge < -0.3 is 23.4 Å². The second-order valence-corrected chi connectivity index (χ2v) is 10.4. The molecule has 10 heteroatoms. The lowest BCUT2D eigenvalue weighted by molar-refractivity contribution is 0.0697. The van der Waals surface area contributed by atoms with Gasteiger partial charge in [-0.1, -0.05) is 0 Å². The van der Waals surface area contributed by atoms with E-state index in [0.29, 0.717) is 49.9 Å². The number of nitrogens with zero attached hydrogens (tertiary/aromatic N) is 3. The fourth-order valence-corrected chi connectivity index (χ4v) is 5.89. The van der Waals surface area contributed by atoms with E-state index >= 15 is 0 Å². The number of aromatic nitrogens is 1. The van der Waals surface area contributed by atoms with Crippen molar-refractivity contribution in [2.24, 2.45) is 0 Å². The van der Waals surface area contributed by atoms with E-state index < -0.39 is 10.0 Å². The van der Waals surface area contributed by atoms with Gasteiger partial charge in [0.15, 0.2) is 11.5 Å². The third-order valence-corrected chi connectivity index (χ3v) is 8.27. The van der Waals surface area contributed by atoms with Crippen LogP contribution in [0.3, 0.4) is 0 Å². The molecule has 1 amide bonds. The summed E-state index contributed by atoms with van der Waals surface area (Å²) in [5.41, 5.74) is 2.47. The first-order chi connectivity index (χ1) is 16.3. The van der Waals surface area contributed by atoms with Crippen LogP contribution >= 0.6 is 0 Å². The lowest BCUT2D eigenvalue weighted by Crippen LogP contribution is -2.50. The van der Waals surface area contributed by atoms with Crippen molar-refractivity contribution in [2.75, 3.05) is 39.4 Å². The number of carbonyl (C=O) groups excluding carboxylic acids is 1. The molecule has 4 heterocycles. The maximum atomic E-state index is 13.3. The van der Waals surface area contributed by atoms with Gasteiger partial charge in [0, 0.05) is 43.6 Å². The second-order valence-electron chi connectivity index (χ2n) is 8.45. The Balaban J connectivity index is 1.27. The van der Waals surface area contributed by atoms with E-state index in [-0.39, 0.29) is 23.9 Å². The van der Waals surface area contributed by atoms with Gasteiger partial charge in [0.2, 0.25) is 10.0 Å². The van der Waals surface area contributed by atoms with E-state index in [1.165, 1.54) is 16.4 Å². The van der Waals surface area contributed by atoms with Crippen LogP contribution in [0.15, 0.2) is 52.0 Å². The molecular weight excluding hydrogens is 458 g/mol. The summed E-state index contributed by atoms with van der Waals surface area (Å²) < 4.78 is 46.3. The number of aryl methyl sites for hydroxylation is 1. The molecule has 3 aromatic rings. The SMILES string of the molecule is Cc1cc(C(=O)N2CCN(S(=O)(=O)c3ccc4c(c3)OCCO4)CC2)c(C)n1Cc1ccco1. The molecule has 180 valence electrons. The Morgan fingerprint density at radius 3 is 2.41 bits per heavy atom. The number of carbonyl (C=O) groups is 1. The fraction of sp³-hybridized carbons (Fsp3) is 0.375. The van der Waals surface area contributed by atoms with Crippen molar-refractivity contribution in [3.8, 4) is 11.5 Å². The van der Waals surface area contributed by atoms with Crippen molar-refractivity contribution in [3.05, 3.63) is 65.4 Å². The van der Waals surface area contributed by atoms with E-state index in [0.717, 1.165) is 17.1 Å². The number of rotatable bonds is 5. The average Bonchev–Trinajstić information content (AvgIpc) is 3.47. The highest BCUT2D eigenvalue weighted by Crippen LogP contribution is 2.33. The zero-order valence-corrected chi connectivity index (χ0v) is 20.0. The molecule has 2 aliphatic rings. The van der Waals surface area contributed by atoms with Gasteiger partial charge >= 0.3 is 0 Å². The van der Waals surface area contributed by atoms with Crippen LogP contribution in [0.2, 0.25) is 0 Å². The average molecular weight is 486 g/mol. The molecule has 0 atom stereocenters. The first kappa shape index (κ1) is 22.5. The molecule has 34 heavy (non-hydrogen) atoms. The predicted octanol–water partition coefficient (Wildman–Crippen LogP) is 2.66. The Morgan fingerprint density at radius 1 is 0.971 bits per heavy atom. The zero-order valence-electron chi connectivity index (χ0n) is 19.2. The normalized spacial score (nSPS) is 16.6. The van der Waals surface area contributed by atoms with Crippen LogP contribution in [0, 0.1) is 13.8 Å². The summed E-state index contributed by atoms with van der Waals surface area (Å²) >= 11 is 0. The molecule has 0 unspecified atom stereocenters. The lowest BCUT2D eigenvalue weighted by atomic mass is 10.2. The summed E-state index contributed by atoms with van der Waals surface area (Å²) in [7, 11) is -3.70. The topological polar surface area (TPSA) is 94.2 Å². The maximum absolute atomic E-state index is 13.3. The minimum atomic E-state index is -3.70. The van der Waals surface area contributed by atoms with E-state index in [2.05, 4.69) is 4.57 Å². The molecule has 9 nitrogen and oxygen atoms in total. The Kier molecular flexibility index (Phi) is 5.86. The lowest BCUT2D eigenvalue weighted by Gasteiger charge is -2.34. The molecule has 1 aromatic carbocycles. The van der Waals surface area contributed by atoms with E-state index in [1.807, 2.05) is 32.0 Å². The standard InChI is InChI=1S/C24H27N3O6S/c1-17-14-21(18(2)27(17)16-19-4-3-11-31-19)24(28)25-7-9-26(10-8-25)34(29,30)20-5-6-22-23(15-20)33-13-12-32-22/h3-6,11,14-15H,7-10,12-13,16H2,1-2H3. The van der Waals surface area contributed by atoms with Crippen LogP contribution in [0.25, 0.3) is 0 Å². The van der Waals surface area contributed by atoms with Gasteiger partial charge in [0.25, 0.3) is 5.91 Å². The van der Waals surface area contributed by atoms with Gasteiger partial charge in [-0.25, -0.2) is 8.42 Å². The van der Waals surface area contributed by atoms with Crippen LogP contribution in [-0.4, -0.2) is 67.5 Å². The number of piperazine rings is 1. The summed E-state index contributed by atoms with van der Waals surface area (Å²) in [6, 6.07) is 10.3. The Bertz CT molecular complexity index is 1300. The first-order valence-corrected chi connectivity index (χ1v) is 12.7. The summed E-state index contributed by atoms with van der Waals surface area (Å²) in [6.07, 6.45) is 1.63. The number of hydrogen-bond donors (Lipinski definition) is 0. The van der Waals surface area contributed by atoms with Gasteiger partial charge in [0.05, 0.1) is 23.3 Å². The van der Waals surface area contributed by atoms with Gasteiger partial charge in [-0.15, -0.1) is 0 Å². The molecule has 0 radical (unpaired) electrons. The molecule has 0 N–H and O–H groups in total. The smallest absolute Gasteiger partial charge is 0.255 e. The summed E-state index contributed by atoms with van der Waals surface area (Å²) in [6.45, 7) is 6.38. The molecule has 0 spiro atoms. The predicted molar refractivity (Wildman–Crippen MR) is 124 cm³/mol. The number of benzene rings is 1. The Labute approximate surface area is 198 Å². The molecule has 2 aliphatic heterocycles. The quantitative estimate of drug-likeness (QED) is 0.552. The van der Waals surface area contributed by atoms with Crippen LogP contribution in [0.5, 0.6) is 11.5 Å². The van der Waals surface area contributed by atoms with Crippen molar-refractivity contribution in [1.29, 1.82) is 0 Å². The second kappa shape index (κ2) is 8.84. The van der Waals surface area contributed by atoms with E-state index in [1.54, 1.807) is 17.2 Å². The molecule has 0 saturated carbocycles. The van der Waals surface area contributed by atoms with E-state index in [4.69, 9.17) is 13.9 Å². The van der Waals surface area contributed by atoms with Gasteiger partial charge in [-0.3, -0.25) is 4.79 Å². The van der Waals surface area contributed by atoms with Crippen molar-refractivity contribution < 1.29 is 27.1 Å².